The van der Waals surface area contributed by atoms with E-state index in [2.05, 4.69) is 14.9 Å². The minimum atomic E-state index is -0.824. The summed E-state index contributed by atoms with van der Waals surface area (Å²) >= 11 is 0. The Morgan fingerprint density at radius 3 is 2.43 bits per heavy atom. The van der Waals surface area contributed by atoms with Crippen LogP contribution >= 0.6 is 0 Å². The molecule has 28 heavy (non-hydrogen) atoms. The van der Waals surface area contributed by atoms with Crippen LogP contribution in [-0.2, 0) is 23.3 Å². The fourth-order valence-electron chi connectivity index (χ4n) is 4.82. The molecule has 2 unspecified atom stereocenters. The molecule has 2 aliphatic rings. The maximum atomic E-state index is 11.5. The van der Waals surface area contributed by atoms with E-state index >= 15 is 0 Å². The highest BCUT2D eigenvalue weighted by molar-refractivity contribution is 5.39. The Kier molecular flexibility index (Phi) is 5.62. The molecule has 1 aromatic carbocycles. The molecule has 4 rings (SSSR count). The van der Waals surface area contributed by atoms with Gasteiger partial charge in [0.25, 0.3) is 0 Å². The van der Waals surface area contributed by atoms with Crippen LogP contribution in [0.15, 0.2) is 36.7 Å². The van der Waals surface area contributed by atoms with Crippen molar-refractivity contribution < 1.29 is 14.6 Å². The summed E-state index contributed by atoms with van der Waals surface area (Å²) in [5.74, 6) is 1.59. The van der Waals surface area contributed by atoms with Crippen LogP contribution < -0.4 is 4.74 Å². The SMILES string of the molecule is COCCc1ncc(CN2C3CCC2CC(O)(c2ccccc2OC)C3)cn1. The van der Waals surface area contributed by atoms with Crippen molar-refractivity contribution in [2.24, 2.45) is 0 Å². The lowest BCUT2D eigenvalue weighted by atomic mass is 9.80. The summed E-state index contributed by atoms with van der Waals surface area (Å²) < 4.78 is 10.6. The van der Waals surface area contributed by atoms with E-state index < -0.39 is 5.60 Å². The standard InChI is InChI=1S/C22H29N3O3/c1-27-10-9-21-23-13-16(14-24-21)15-25-17-7-8-18(25)12-22(26,11-17)19-5-3-4-6-20(19)28-2/h3-6,13-14,17-18,26H,7-12,15H2,1-2H3. The van der Waals surface area contributed by atoms with Crippen molar-refractivity contribution >= 4 is 0 Å². The Hall–Kier alpha value is -2.02. The lowest BCUT2D eigenvalue weighted by Crippen LogP contribution is -2.49. The van der Waals surface area contributed by atoms with Crippen molar-refractivity contribution in [1.82, 2.24) is 14.9 Å². The molecule has 6 heteroatoms. The largest absolute Gasteiger partial charge is 0.496 e. The number of aromatic nitrogens is 2. The lowest BCUT2D eigenvalue weighted by Gasteiger charge is -2.44. The summed E-state index contributed by atoms with van der Waals surface area (Å²) in [5, 5.41) is 11.5. The Labute approximate surface area is 166 Å². The van der Waals surface area contributed by atoms with Gasteiger partial charge in [0.05, 0.1) is 19.3 Å². The van der Waals surface area contributed by atoms with Gasteiger partial charge in [0.15, 0.2) is 0 Å². The number of hydrogen-bond donors (Lipinski definition) is 1. The number of methoxy groups -OCH3 is 2. The molecule has 1 aromatic heterocycles. The number of piperidine rings is 1. The van der Waals surface area contributed by atoms with Gasteiger partial charge < -0.3 is 14.6 Å². The van der Waals surface area contributed by atoms with Crippen LogP contribution in [-0.4, -0.2) is 52.9 Å². The first-order chi connectivity index (χ1) is 13.6. The molecule has 2 atom stereocenters. The number of ether oxygens (including phenoxy) is 2. The minimum absolute atomic E-state index is 0.363. The van der Waals surface area contributed by atoms with Gasteiger partial charge in [0.2, 0.25) is 0 Å². The van der Waals surface area contributed by atoms with Crippen molar-refractivity contribution in [2.45, 2.75) is 56.3 Å². The molecule has 150 valence electrons. The van der Waals surface area contributed by atoms with Crippen LogP contribution in [0.4, 0.5) is 0 Å². The quantitative estimate of drug-likeness (QED) is 0.793. The lowest BCUT2D eigenvalue weighted by molar-refractivity contribution is -0.0607. The first kappa shape index (κ1) is 19.3. The van der Waals surface area contributed by atoms with Gasteiger partial charge in [0, 0.05) is 55.7 Å². The third-order valence-electron chi connectivity index (χ3n) is 6.18. The van der Waals surface area contributed by atoms with E-state index in [0.29, 0.717) is 18.7 Å². The van der Waals surface area contributed by atoms with E-state index in [0.717, 1.165) is 61.3 Å². The van der Waals surface area contributed by atoms with Gasteiger partial charge in [-0.2, -0.15) is 0 Å². The number of para-hydroxylation sites is 1. The van der Waals surface area contributed by atoms with Crippen LogP contribution in [0.25, 0.3) is 0 Å². The van der Waals surface area contributed by atoms with E-state index in [4.69, 9.17) is 9.47 Å². The van der Waals surface area contributed by atoms with E-state index in [9.17, 15) is 5.11 Å². The molecule has 2 fully saturated rings. The zero-order valence-electron chi connectivity index (χ0n) is 16.7. The molecule has 0 radical (unpaired) electrons. The number of fused-ring (bicyclic) bond motifs is 2. The summed E-state index contributed by atoms with van der Waals surface area (Å²) in [4.78, 5) is 11.5. The van der Waals surface area contributed by atoms with Crippen molar-refractivity contribution in [3.05, 3.63) is 53.6 Å². The minimum Gasteiger partial charge on any atom is -0.496 e. The average molecular weight is 383 g/mol. The Morgan fingerprint density at radius 2 is 1.79 bits per heavy atom. The maximum absolute atomic E-state index is 11.5. The normalized spacial score (nSPS) is 27.1. The molecule has 2 bridgehead atoms. The molecular weight excluding hydrogens is 354 g/mol. The first-order valence-corrected chi connectivity index (χ1v) is 10.0. The van der Waals surface area contributed by atoms with E-state index in [1.807, 2.05) is 36.7 Å². The molecule has 0 saturated carbocycles. The number of aliphatic hydroxyl groups is 1. The van der Waals surface area contributed by atoms with Gasteiger partial charge in [-0.25, -0.2) is 9.97 Å². The second-order valence-electron chi connectivity index (χ2n) is 7.95. The molecule has 0 spiro atoms. The highest BCUT2D eigenvalue weighted by atomic mass is 16.5. The highest BCUT2D eigenvalue weighted by Crippen LogP contribution is 2.48. The molecule has 3 heterocycles. The number of nitrogens with zero attached hydrogens (tertiary/aromatic N) is 3. The van der Waals surface area contributed by atoms with Crippen LogP contribution in [0, 0.1) is 0 Å². The van der Waals surface area contributed by atoms with Crippen LogP contribution in [0.5, 0.6) is 5.75 Å². The fraction of sp³-hybridized carbons (Fsp3) is 0.545. The Morgan fingerprint density at radius 1 is 1.11 bits per heavy atom. The Bertz CT molecular complexity index is 782. The summed E-state index contributed by atoms with van der Waals surface area (Å²) in [6, 6.07) is 8.59. The van der Waals surface area contributed by atoms with Crippen molar-refractivity contribution in [3.8, 4) is 5.75 Å². The summed E-state index contributed by atoms with van der Waals surface area (Å²) in [6.45, 7) is 1.47. The molecule has 1 N–H and O–H groups in total. The number of benzene rings is 1. The topological polar surface area (TPSA) is 67.7 Å². The molecule has 0 amide bonds. The van der Waals surface area contributed by atoms with Crippen LogP contribution in [0.3, 0.4) is 0 Å². The summed E-state index contributed by atoms with van der Waals surface area (Å²) in [7, 11) is 3.36. The fourth-order valence-corrected chi connectivity index (χ4v) is 4.82. The zero-order valence-corrected chi connectivity index (χ0v) is 16.7. The van der Waals surface area contributed by atoms with Gasteiger partial charge in [-0.15, -0.1) is 0 Å². The number of hydrogen-bond acceptors (Lipinski definition) is 6. The predicted molar refractivity (Wildman–Crippen MR) is 106 cm³/mol. The molecule has 0 aliphatic carbocycles. The zero-order chi connectivity index (χ0) is 19.6. The molecule has 6 nitrogen and oxygen atoms in total. The summed E-state index contributed by atoms with van der Waals surface area (Å²) in [5.41, 5.74) is 1.22. The second-order valence-corrected chi connectivity index (χ2v) is 7.95. The van der Waals surface area contributed by atoms with Gasteiger partial charge in [-0.05, 0) is 31.7 Å². The van der Waals surface area contributed by atoms with Crippen LogP contribution in [0.2, 0.25) is 0 Å². The molecule has 2 aliphatic heterocycles. The predicted octanol–water partition coefficient (Wildman–Crippen LogP) is 2.69. The first-order valence-electron chi connectivity index (χ1n) is 10.0. The molecular formula is C22H29N3O3. The third-order valence-corrected chi connectivity index (χ3v) is 6.18. The monoisotopic (exact) mass is 383 g/mol. The third kappa shape index (κ3) is 3.77. The van der Waals surface area contributed by atoms with Gasteiger partial charge in [0.1, 0.15) is 11.6 Å². The molecule has 2 saturated heterocycles. The van der Waals surface area contributed by atoms with Crippen molar-refractivity contribution in [3.63, 3.8) is 0 Å². The van der Waals surface area contributed by atoms with E-state index in [1.54, 1.807) is 14.2 Å². The van der Waals surface area contributed by atoms with Gasteiger partial charge in [-0.3, -0.25) is 4.90 Å². The Balaban J connectivity index is 1.47. The van der Waals surface area contributed by atoms with Gasteiger partial charge in [-0.1, -0.05) is 18.2 Å². The van der Waals surface area contributed by atoms with Crippen LogP contribution in [0.1, 0.15) is 42.6 Å². The van der Waals surface area contributed by atoms with E-state index in [1.165, 1.54) is 0 Å². The van der Waals surface area contributed by atoms with Gasteiger partial charge >= 0.3 is 0 Å². The number of rotatable bonds is 7. The second kappa shape index (κ2) is 8.15. The van der Waals surface area contributed by atoms with Crippen molar-refractivity contribution in [1.29, 1.82) is 0 Å². The maximum Gasteiger partial charge on any atom is 0.130 e. The average Bonchev–Trinajstić information content (AvgIpc) is 2.96. The van der Waals surface area contributed by atoms with Crippen molar-refractivity contribution in [2.75, 3.05) is 20.8 Å². The molecule has 2 aromatic rings. The van der Waals surface area contributed by atoms with E-state index in [-0.39, 0.29) is 0 Å². The summed E-state index contributed by atoms with van der Waals surface area (Å²) in [6.07, 6.45) is 8.30. The highest BCUT2D eigenvalue weighted by Gasteiger charge is 2.49. The smallest absolute Gasteiger partial charge is 0.130 e.